The minimum atomic E-state index is -0.565. The van der Waals surface area contributed by atoms with Gasteiger partial charge in [0, 0.05) is 13.7 Å². The molecule has 2 unspecified atom stereocenters. The standard InChI is InChI=1S/C17H26O4/c1-17(2,20-4)9-10-21-15-8-5-12-11-13(19-3)6-7-14(12)16(15)18/h6-7,11,15-16,18H,5,8-10H2,1-4H3. The lowest BCUT2D eigenvalue weighted by atomic mass is 9.87. The molecule has 1 aliphatic carbocycles. The van der Waals surface area contributed by atoms with Gasteiger partial charge in [0.25, 0.3) is 0 Å². The van der Waals surface area contributed by atoms with Crippen molar-refractivity contribution in [3.8, 4) is 5.75 Å². The summed E-state index contributed by atoms with van der Waals surface area (Å²) in [5.74, 6) is 0.835. The van der Waals surface area contributed by atoms with E-state index in [1.54, 1.807) is 14.2 Å². The van der Waals surface area contributed by atoms with E-state index >= 15 is 0 Å². The normalized spacial score (nSPS) is 22.0. The molecule has 0 fully saturated rings. The molecule has 0 radical (unpaired) electrons. The molecule has 21 heavy (non-hydrogen) atoms. The quantitative estimate of drug-likeness (QED) is 0.876. The van der Waals surface area contributed by atoms with Gasteiger partial charge in [0.2, 0.25) is 0 Å². The zero-order valence-corrected chi connectivity index (χ0v) is 13.4. The van der Waals surface area contributed by atoms with Crippen molar-refractivity contribution in [1.82, 2.24) is 0 Å². The lowest BCUT2D eigenvalue weighted by molar-refractivity contribution is -0.0718. The molecule has 4 heteroatoms. The van der Waals surface area contributed by atoms with Gasteiger partial charge in [-0.1, -0.05) is 6.07 Å². The maximum atomic E-state index is 10.5. The highest BCUT2D eigenvalue weighted by Crippen LogP contribution is 2.34. The zero-order chi connectivity index (χ0) is 15.5. The third kappa shape index (κ3) is 3.96. The van der Waals surface area contributed by atoms with E-state index in [1.807, 2.05) is 32.0 Å². The maximum Gasteiger partial charge on any atom is 0.119 e. The van der Waals surface area contributed by atoms with Crippen LogP contribution in [0.5, 0.6) is 5.75 Å². The van der Waals surface area contributed by atoms with E-state index < -0.39 is 6.10 Å². The molecule has 0 spiro atoms. The summed E-state index contributed by atoms with van der Waals surface area (Å²) in [5.41, 5.74) is 1.92. The van der Waals surface area contributed by atoms with Gasteiger partial charge in [-0.3, -0.25) is 0 Å². The molecular formula is C17H26O4. The van der Waals surface area contributed by atoms with Gasteiger partial charge in [0.05, 0.1) is 18.8 Å². The molecule has 0 bridgehead atoms. The largest absolute Gasteiger partial charge is 0.497 e. The molecule has 0 heterocycles. The molecule has 1 aliphatic rings. The average Bonchev–Trinajstić information content (AvgIpc) is 2.49. The van der Waals surface area contributed by atoms with E-state index in [4.69, 9.17) is 14.2 Å². The first kappa shape index (κ1) is 16.3. The van der Waals surface area contributed by atoms with Crippen molar-refractivity contribution in [3.63, 3.8) is 0 Å². The number of fused-ring (bicyclic) bond motifs is 1. The number of aliphatic hydroxyl groups excluding tert-OH is 1. The Labute approximate surface area is 127 Å². The van der Waals surface area contributed by atoms with Crippen LogP contribution < -0.4 is 4.74 Å². The van der Waals surface area contributed by atoms with Crippen LogP contribution in [0.3, 0.4) is 0 Å². The first-order valence-corrected chi connectivity index (χ1v) is 7.48. The molecule has 0 aliphatic heterocycles. The predicted octanol–water partition coefficient (Wildman–Crippen LogP) is 2.88. The molecule has 4 nitrogen and oxygen atoms in total. The number of rotatable bonds is 6. The highest BCUT2D eigenvalue weighted by molar-refractivity contribution is 5.39. The summed E-state index contributed by atoms with van der Waals surface area (Å²) in [4.78, 5) is 0. The SMILES string of the molecule is COc1ccc2c(c1)CCC(OCCC(C)(C)OC)C2O. The Morgan fingerprint density at radius 1 is 1.29 bits per heavy atom. The minimum Gasteiger partial charge on any atom is -0.497 e. The zero-order valence-electron chi connectivity index (χ0n) is 13.4. The summed E-state index contributed by atoms with van der Waals surface area (Å²) in [6, 6.07) is 5.83. The molecule has 0 aromatic heterocycles. The highest BCUT2D eigenvalue weighted by Gasteiger charge is 2.29. The number of aliphatic hydroxyl groups is 1. The van der Waals surface area contributed by atoms with Gasteiger partial charge in [-0.2, -0.15) is 0 Å². The summed E-state index contributed by atoms with van der Waals surface area (Å²) in [6.45, 7) is 4.67. The van der Waals surface area contributed by atoms with Gasteiger partial charge in [0.15, 0.2) is 0 Å². The second-order valence-electron chi connectivity index (χ2n) is 6.17. The Balaban J connectivity index is 1.96. The number of hydrogen-bond acceptors (Lipinski definition) is 4. The molecule has 2 atom stereocenters. The minimum absolute atomic E-state index is 0.140. The van der Waals surface area contributed by atoms with Gasteiger partial charge < -0.3 is 19.3 Å². The van der Waals surface area contributed by atoms with Crippen LogP contribution in [-0.2, 0) is 15.9 Å². The van der Waals surface area contributed by atoms with Crippen molar-refractivity contribution in [2.24, 2.45) is 0 Å². The molecule has 1 aromatic rings. The topological polar surface area (TPSA) is 47.9 Å². The third-order valence-corrected chi connectivity index (χ3v) is 4.31. The van der Waals surface area contributed by atoms with Gasteiger partial charge in [-0.05, 0) is 56.4 Å². The van der Waals surface area contributed by atoms with Gasteiger partial charge >= 0.3 is 0 Å². The van der Waals surface area contributed by atoms with Crippen LogP contribution in [0.1, 0.15) is 43.9 Å². The maximum absolute atomic E-state index is 10.5. The molecule has 0 saturated carbocycles. The number of aryl methyl sites for hydroxylation is 1. The fourth-order valence-electron chi connectivity index (χ4n) is 2.60. The highest BCUT2D eigenvalue weighted by atomic mass is 16.5. The number of methoxy groups -OCH3 is 2. The van der Waals surface area contributed by atoms with E-state index in [1.165, 1.54) is 0 Å². The lowest BCUT2D eigenvalue weighted by Crippen LogP contribution is -2.31. The van der Waals surface area contributed by atoms with Gasteiger partial charge in [-0.15, -0.1) is 0 Å². The Morgan fingerprint density at radius 3 is 2.71 bits per heavy atom. The summed E-state index contributed by atoms with van der Waals surface area (Å²) >= 11 is 0. The Bertz CT molecular complexity index is 470. The van der Waals surface area contributed by atoms with Crippen molar-refractivity contribution >= 4 is 0 Å². The van der Waals surface area contributed by atoms with Crippen molar-refractivity contribution in [2.75, 3.05) is 20.8 Å². The molecule has 0 saturated heterocycles. The summed E-state index contributed by atoms with van der Waals surface area (Å²) in [6.07, 6.45) is 1.84. The molecule has 1 N–H and O–H groups in total. The third-order valence-electron chi connectivity index (χ3n) is 4.31. The summed E-state index contributed by atoms with van der Waals surface area (Å²) in [5, 5.41) is 10.5. The summed E-state index contributed by atoms with van der Waals surface area (Å²) < 4.78 is 16.5. The molecule has 118 valence electrons. The monoisotopic (exact) mass is 294 g/mol. The second-order valence-corrected chi connectivity index (χ2v) is 6.17. The van der Waals surface area contributed by atoms with Crippen molar-refractivity contribution in [2.45, 2.75) is 50.9 Å². The average molecular weight is 294 g/mol. The fourth-order valence-corrected chi connectivity index (χ4v) is 2.60. The number of hydrogen-bond donors (Lipinski definition) is 1. The number of benzene rings is 1. The molecular weight excluding hydrogens is 268 g/mol. The molecule has 1 aromatic carbocycles. The van der Waals surface area contributed by atoms with E-state index in [0.29, 0.717) is 6.61 Å². The van der Waals surface area contributed by atoms with Crippen LogP contribution in [0.15, 0.2) is 18.2 Å². The van der Waals surface area contributed by atoms with E-state index in [0.717, 1.165) is 36.1 Å². The Kier molecular flexibility index (Phi) is 5.25. The van der Waals surface area contributed by atoms with E-state index in [2.05, 4.69) is 0 Å². The van der Waals surface area contributed by atoms with Crippen molar-refractivity contribution in [3.05, 3.63) is 29.3 Å². The van der Waals surface area contributed by atoms with Gasteiger partial charge in [0.1, 0.15) is 11.9 Å². The van der Waals surface area contributed by atoms with Crippen LogP contribution in [0.4, 0.5) is 0 Å². The van der Waals surface area contributed by atoms with Crippen LogP contribution in [0, 0.1) is 0 Å². The fraction of sp³-hybridized carbons (Fsp3) is 0.647. The first-order valence-electron chi connectivity index (χ1n) is 7.48. The predicted molar refractivity (Wildman–Crippen MR) is 81.7 cm³/mol. The van der Waals surface area contributed by atoms with E-state index in [9.17, 15) is 5.11 Å². The first-order chi connectivity index (χ1) is 9.96. The lowest BCUT2D eigenvalue weighted by Gasteiger charge is -2.31. The second kappa shape index (κ2) is 6.77. The van der Waals surface area contributed by atoms with Crippen molar-refractivity contribution < 1.29 is 19.3 Å². The Hall–Kier alpha value is -1.10. The van der Waals surface area contributed by atoms with Crippen LogP contribution in [0.25, 0.3) is 0 Å². The van der Waals surface area contributed by atoms with Crippen LogP contribution >= 0.6 is 0 Å². The number of ether oxygens (including phenoxy) is 3. The van der Waals surface area contributed by atoms with Crippen LogP contribution in [-0.4, -0.2) is 37.6 Å². The smallest absolute Gasteiger partial charge is 0.119 e. The molecule has 2 rings (SSSR count). The summed E-state index contributed by atoms with van der Waals surface area (Å²) in [7, 11) is 3.36. The molecule has 0 amide bonds. The van der Waals surface area contributed by atoms with Crippen molar-refractivity contribution in [1.29, 1.82) is 0 Å². The van der Waals surface area contributed by atoms with Gasteiger partial charge in [-0.25, -0.2) is 0 Å². The van der Waals surface area contributed by atoms with Crippen LogP contribution in [0.2, 0.25) is 0 Å². The van der Waals surface area contributed by atoms with E-state index in [-0.39, 0.29) is 11.7 Å². The Morgan fingerprint density at radius 2 is 2.05 bits per heavy atom.